The van der Waals surface area contributed by atoms with Crippen LogP contribution in [0.3, 0.4) is 0 Å². The number of hydrogen-bond donors (Lipinski definition) is 1. The molecule has 3 aromatic rings. The second-order valence-corrected chi connectivity index (χ2v) is 12.6. The van der Waals surface area contributed by atoms with Gasteiger partial charge in [0, 0.05) is 35.5 Å². The van der Waals surface area contributed by atoms with Crippen LogP contribution in [0.1, 0.15) is 46.1 Å². The number of rotatable bonds is 8. The van der Waals surface area contributed by atoms with E-state index in [-0.39, 0.29) is 31.3 Å². The molecule has 0 spiro atoms. The van der Waals surface area contributed by atoms with E-state index in [1.165, 1.54) is 9.21 Å². The van der Waals surface area contributed by atoms with Gasteiger partial charge in [-0.05, 0) is 69.3 Å². The summed E-state index contributed by atoms with van der Waals surface area (Å²) in [6, 6.07) is 17.2. The first-order valence-electron chi connectivity index (χ1n) is 12.3. The first-order valence-corrected chi connectivity index (χ1v) is 14.1. The van der Waals surface area contributed by atoms with Gasteiger partial charge in [-0.25, -0.2) is 8.42 Å². The summed E-state index contributed by atoms with van der Waals surface area (Å²) in [6.45, 7) is 7.73. The number of sulfonamides is 1. The Hall–Kier alpha value is -3.10. The van der Waals surface area contributed by atoms with Crippen molar-refractivity contribution < 1.29 is 18.0 Å². The third kappa shape index (κ3) is 5.75. The summed E-state index contributed by atoms with van der Waals surface area (Å²) in [5.74, 6) is -0.490. The molecule has 0 fully saturated rings. The molecule has 1 N–H and O–H groups in total. The van der Waals surface area contributed by atoms with Crippen LogP contribution in [0.4, 0.5) is 5.69 Å². The molecule has 196 valence electrons. The fourth-order valence-corrected chi connectivity index (χ4v) is 6.57. The monoisotopic (exact) mass is 541 g/mol. The van der Waals surface area contributed by atoms with Gasteiger partial charge in [0.25, 0.3) is 10.0 Å². The van der Waals surface area contributed by atoms with Crippen LogP contribution in [0.5, 0.6) is 0 Å². The maximum atomic E-state index is 13.4. The molecule has 9 heteroatoms. The molecule has 1 aliphatic heterocycles. The number of hydrogen-bond acceptors (Lipinski definition) is 4. The molecular weight excluding hydrogens is 510 g/mol. The third-order valence-corrected chi connectivity index (χ3v) is 8.43. The zero-order valence-electron chi connectivity index (χ0n) is 21.5. The minimum atomic E-state index is -3.69. The lowest BCUT2D eigenvalue weighted by Crippen LogP contribution is -2.52. The molecular formula is C28H32ClN3O4S. The predicted octanol–water partition coefficient (Wildman–Crippen LogP) is 5.11. The normalized spacial score (nSPS) is 15.0. The molecule has 2 amide bonds. The molecule has 0 saturated carbocycles. The van der Waals surface area contributed by atoms with E-state index in [0.29, 0.717) is 27.4 Å². The molecule has 1 atom stereocenters. The van der Waals surface area contributed by atoms with Crippen LogP contribution in [-0.2, 0) is 26.2 Å². The van der Waals surface area contributed by atoms with Gasteiger partial charge in [-0.3, -0.25) is 13.9 Å². The van der Waals surface area contributed by atoms with E-state index < -0.39 is 21.6 Å². The number of benzene rings is 3. The zero-order valence-corrected chi connectivity index (χ0v) is 23.1. The van der Waals surface area contributed by atoms with E-state index in [1.807, 2.05) is 45.0 Å². The standard InChI is InChI=1S/C28H32ClN3O4S/c1-19(27(34)30-28(2,3)4)31(18-20-9-5-12-22(29)17-20)25(33)15-8-16-32-23-13-6-10-21-11-7-14-24(26(21)23)37(32,35)36/h5-7,9-14,17,19H,8,15-16,18H2,1-4H3,(H,30,34). The van der Waals surface area contributed by atoms with Gasteiger partial charge >= 0.3 is 0 Å². The Morgan fingerprint density at radius 1 is 1.05 bits per heavy atom. The highest BCUT2D eigenvalue weighted by molar-refractivity contribution is 7.93. The maximum absolute atomic E-state index is 13.4. The van der Waals surface area contributed by atoms with Crippen molar-refractivity contribution in [3.63, 3.8) is 0 Å². The minimum absolute atomic E-state index is 0.0893. The smallest absolute Gasteiger partial charge is 0.265 e. The highest BCUT2D eigenvalue weighted by Crippen LogP contribution is 2.42. The van der Waals surface area contributed by atoms with Crippen LogP contribution < -0.4 is 9.62 Å². The van der Waals surface area contributed by atoms with Gasteiger partial charge in [0.2, 0.25) is 11.8 Å². The Bertz CT molecular complexity index is 1440. The van der Waals surface area contributed by atoms with Crippen LogP contribution in [0.15, 0.2) is 65.6 Å². The van der Waals surface area contributed by atoms with Crippen molar-refractivity contribution >= 4 is 49.9 Å². The molecule has 1 unspecified atom stereocenters. The van der Waals surface area contributed by atoms with Crippen molar-refractivity contribution in [2.24, 2.45) is 0 Å². The Kier molecular flexibility index (Phi) is 7.53. The van der Waals surface area contributed by atoms with Crippen molar-refractivity contribution in [3.8, 4) is 0 Å². The van der Waals surface area contributed by atoms with E-state index in [4.69, 9.17) is 11.6 Å². The van der Waals surface area contributed by atoms with Crippen LogP contribution in [0.2, 0.25) is 5.02 Å². The van der Waals surface area contributed by atoms with Gasteiger partial charge in [-0.15, -0.1) is 0 Å². The molecule has 1 aliphatic rings. The molecule has 7 nitrogen and oxygen atoms in total. The van der Waals surface area contributed by atoms with Crippen LogP contribution in [0, 0.1) is 0 Å². The molecule has 1 heterocycles. The van der Waals surface area contributed by atoms with E-state index >= 15 is 0 Å². The Labute approximate surface area is 223 Å². The van der Waals surface area contributed by atoms with E-state index in [9.17, 15) is 18.0 Å². The average Bonchev–Trinajstić information content (AvgIpc) is 3.04. The van der Waals surface area contributed by atoms with E-state index in [2.05, 4.69) is 5.32 Å². The second kappa shape index (κ2) is 10.3. The average molecular weight is 542 g/mol. The van der Waals surface area contributed by atoms with Crippen LogP contribution in [-0.4, -0.2) is 43.3 Å². The Morgan fingerprint density at radius 2 is 1.73 bits per heavy atom. The topological polar surface area (TPSA) is 86.8 Å². The maximum Gasteiger partial charge on any atom is 0.265 e. The minimum Gasteiger partial charge on any atom is -0.350 e. The summed E-state index contributed by atoms with van der Waals surface area (Å²) in [5.41, 5.74) is 0.991. The summed E-state index contributed by atoms with van der Waals surface area (Å²) in [5, 5.41) is 5.06. The van der Waals surface area contributed by atoms with Gasteiger partial charge in [-0.1, -0.05) is 48.0 Å². The van der Waals surface area contributed by atoms with Gasteiger partial charge in [0.15, 0.2) is 0 Å². The molecule has 37 heavy (non-hydrogen) atoms. The fraction of sp³-hybridized carbons (Fsp3) is 0.357. The molecule has 0 radical (unpaired) electrons. The number of carbonyl (C=O) groups excluding carboxylic acids is 2. The third-order valence-electron chi connectivity index (χ3n) is 6.34. The highest BCUT2D eigenvalue weighted by atomic mass is 35.5. The highest BCUT2D eigenvalue weighted by Gasteiger charge is 2.35. The van der Waals surface area contributed by atoms with Gasteiger partial charge in [-0.2, -0.15) is 0 Å². The first-order chi connectivity index (χ1) is 17.4. The van der Waals surface area contributed by atoms with E-state index in [0.717, 1.165) is 10.9 Å². The van der Waals surface area contributed by atoms with Crippen LogP contribution >= 0.6 is 11.6 Å². The Balaban J connectivity index is 1.51. The lowest BCUT2D eigenvalue weighted by atomic mass is 10.1. The largest absolute Gasteiger partial charge is 0.350 e. The second-order valence-electron chi connectivity index (χ2n) is 10.4. The number of amides is 2. The number of nitrogens with one attached hydrogen (secondary N) is 1. The van der Waals surface area contributed by atoms with Crippen molar-refractivity contribution in [2.75, 3.05) is 10.8 Å². The van der Waals surface area contributed by atoms with Gasteiger partial charge in [0.1, 0.15) is 6.04 Å². The number of carbonyl (C=O) groups is 2. The van der Waals surface area contributed by atoms with Crippen molar-refractivity contribution in [2.45, 2.75) is 63.6 Å². The van der Waals surface area contributed by atoms with Gasteiger partial charge in [0.05, 0.1) is 10.6 Å². The molecule has 0 saturated heterocycles. The van der Waals surface area contributed by atoms with Gasteiger partial charge < -0.3 is 10.2 Å². The zero-order chi connectivity index (χ0) is 27.0. The summed E-state index contributed by atoms with van der Waals surface area (Å²) < 4.78 is 27.9. The SMILES string of the molecule is CC(C(=O)NC(C)(C)C)N(Cc1cccc(Cl)c1)C(=O)CCCN1c2cccc3cccc(c23)S1(=O)=O. The predicted molar refractivity (Wildman–Crippen MR) is 147 cm³/mol. The summed E-state index contributed by atoms with van der Waals surface area (Å²) in [6.07, 6.45) is 0.397. The number of halogens is 1. The lowest BCUT2D eigenvalue weighted by molar-refractivity contribution is -0.141. The van der Waals surface area contributed by atoms with Crippen molar-refractivity contribution in [3.05, 3.63) is 71.2 Å². The number of nitrogens with zero attached hydrogens (tertiary/aromatic N) is 2. The first kappa shape index (κ1) is 26.9. The Morgan fingerprint density at radius 3 is 2.41 bits per heavy atom. The molecule has 0 bridgehead atoms. The molecule has 4 rings (SSSR count). The van der Waals surface area contributed by atoms with Crippen molar-refractivity contribution in [1.82, 2.24) is 10.2 Å². The molecule has 3 aromatic carbocycles. The molecule has 0 aromatic heterocycles. The summed E-state index contributed by atoms with van der Waals surface area (Å²) in [4.78, 5) is 28.2. The molecule has 0 aliphatic carbocycles. The lowest BCUT2D eigenvalue weighted by Gasteiger charge is -2.31. The summed E-state index contributed by atoms with van der Waals surface area (Å²) in [7, 11) is -3.69. The summed E-state index contributed by atoms with van der Waals surface area (Å²) >= 11 is 6.15. The fourth-order valence-electron chi connectivity index (χ4n) is 4.61. The van der Waals surface area contributed by atoms with E-state index in [1.54, 1.807) is 43.3 Å². The van der Waals surface area contributed by atoms with Crippen molar-refractivity contribution in [1.29, 1.82) is 0 Å². The quantitative estimate of drug-likeness (QED) is 0.429. The number of anilines is 1. The van der Waals surface area contributed by atoms with Crippen LogP contribution in [0.25, 0.3) is 10.8 Å².